The van der Waals surface area contributed by atoms with Gasteiger partial charge >= 0.3 is 0 Å². The molecule has 0 N–H and O–H groups in total. The summed E-state index contributed by atoms with van der Waals surface area (Å²) in [7, 11) is 0. The summed E-state index contributed by atoms with van der Waals surface area (Å²) >= 11 is 1.31. The van der Waals surface area contributed by atoms with Crippen LogP contribution in [0.5, 0.6) is 0 Å². The van der Waals surface area contributed by atoms with E-state index < -0.39 is 0 Å². The normalized spacial score (nSPS) is 10.8. The van der Waals surface area contributed by atoms with Gasteiger partial charge < -0.3 is 0 Å². The van der Waals surface area contributed by atoms with Crippen LogP contribution in [0.2, 0.25) is 0 Å². The Balaban J connectivity index is 2.88. The van der Waals surface area contributed by atoms with Crippen LogP contribution in [0.1, 0.15) is 6.92 Å². The lowest BCUT2D eigenvalue weighted by Gasteiger charge is -1.96. The molecular formula is C7H6N3OS. The van der Waals surface area contributed by atoms with Gasteiger partial charge in [-0.15, -0.1) is 11.3 Å². The molecule has 1 radical (unpaired) electrons. The molecular weight excluding hydrogens is 174 g/mol. The monoisotopic (exact) mass is 180 g/mol. The van der Waals surface area contributed by atoms with E-state index in [1.165, 1.54) is 16.0 Å². The van der Waals surface area contributed by atoms with Crippen molar-refractivity contribution in [2.75, 3.05) is 0 Å². The van der Waals surface area contributed by atoms with Crippen molar-refractivity contribution in [3.8, 4) is 0 Å². The van der Waals surface area contributed by atoms with Gasteiger partial charge in [-0.05, 0) is 6.92 Å². The molecule has 0 amide bonds. The first kappa shape index (κ1) is 7.42. The third-order valence-corrected chi connectivity index (χ3v) is 2.30. The van der Waals surface area contributed by atoms with Gasteiger partial charge in [0.25, 0.3) is 5.56 Å². The molecule has 61 valence electrons. The molecule has 0 atom stereocenters. The van der Waals surface area contributed by atoms with Crippen molar-refractivity contribution in [3.05, 3.63) is 22.1 Å². The topological polar surface area (TPSA) is 47.8 Å². The van der Waals surface area contributed by atoms with E-state index in [4.69, 9.17) is 0 Å². The Morgan fingerprint density at radius 2 is 2.58 bits per heavy atom. The average Bonchev–Trinajstić information content (AvgIpc) is 2.53. The van der Waals surface area contributed by atoms with Gasteiger partial charge in [-0.3, -0.25) is 4.79 Å². The Hall–Kier alpha value is -1.23. The molecule has 0 saturated heterocycles. The predicted molar refractivity (Wildman–Crippen MR) is 46.2 cm³/mol. The van der Waals surface area contributed by atoms with Crippen molar-refractivity contribution in [2.24, 2.45) is 0 Å². The number of rotatable bonds is 1. The Bertz CT molecular complexity index is 459. The Morgan fingerprint density at radius 3 is 3.33 bits per heavy atom. The molecule has 4 nitrogen and oxygen atoms in total. The predicted octanol–water partition coefficient (Wildman–Crippen LogP) is 0.673. The van der Waals surface area contributed by atoms with Crippen molar-refractivity contribution in [1.29, 1.82) is 0 Å². The lowest BCUT2D eigenvalue weighted by Crippen LogP contribution is -2.21. The number of fused-ring (bicyclic) bond motifs is 1. The van der Waals surface area contributed by atoms with Crippen molar-refractivity contribution in [3.63, 3.8) is 0 Å². The second-order valence-corrected chi connectivity index (χ2v) is 3.11. The first-order chi connectivity index (χ1) is 5.83. The molecule has 0 saturated carbocycles. The lowest BCUT2D eigenvalue weighted by atomic mass is 10.5. The van der Waals surface area contributed by atoms with Gasteiger partial charge in [0, 0.05) is 6.54 Å². The minimum Gasteiger partial charge on any atom is -0.265 e. The Kier molecular flexibility index (Phi) is 1.65. The maximum absolute atomic E-state index is 11.4. The Labute approximate surface area is 72.5 Å². The molecule has 0 bridgehead atoms. The fourth-order valence-corrected chi connectivity index (χ4v) is 1.55. The van der Waals surface area contributed by atoms with Gasteiger partial charge in [-0.25, -0.2) is 9.67 Å². The van der Waals surface area contributed by atoms with Gasteiger partial charge in [-0.1, -0.05) is 0 Å². The fraction of sp³-hybridized carbons (Fsp3) is 0.286. The van der Waals surface area contributed by atoms with Crippen LogP contribution in [0.25, 0.3) is 10.2 Å². The Morgan fingerprint density at radius 1 is 1.75 bits per heavy atom. The first-order valence-corrected chi connectivity index (χ1v) is 4.37. The minimum atomic E-state index is -0.132. The van der Waals surface area contributed by atoms with Gasteiger partial charge in [0.05, 0.1) is 10.9 Å². The van der Waals surface area contributed by atoms with Crippen LogP contribution in [0.15, 0.2) is 11.0 Å². The van der Waals surface area contributed by atoms with E-state index in [9.17, 15) is 4.79 Å². The number of hydrogen-bond donors (Lipinski definition) is 0. The zero-order valence-electron chi connectivity index (χ0n) is 6.44. The molecule has 0 aliphatic heterocycles. The maximum Gasteiger partial charge on any atom is 0.294 e. The summed E-state index contributed by atoms with van der Waals surface area (Å²) in [6.45, 7) is 2.45. The SMILES string of the molecule is CCn1ncc2s[c]nc2c1=O. The molecule has 2 aromatic rings. The third kappa shape index (κ3) is 0.937. The van der Waals surface area contributed by atoms with Crippen LogP contribution in [-0.2, 0) is 6.54 Å². The summed E-state index contributed by atoms with van der Waals surface area (Å²) in [6.07, 6.45) is 1.65. The lowest BCUT2D eigenvalue weighted by molar-refractivity contribution is 0.622. The summed E-state index contributed by atoms with van der Waals surface area (Å²) in [5, 5.41) is 3.95. The van der Waals surface area contributed by atoms with Crippen LogP contribution >= 0.6 is 11.3 Å². The molecule has 12 heavy (non-hydrogen) atoms. The number of hydrogen-bond acceptors (Lipinski definition) is 4. The third-order valence-electron chi connectivity index (χ3n) is 1.60. The highest BCUT2D eigenvalue weighted by atomic mass is 32.1. The molecule has 2 rings (SSSR count). The number of nitrogens with zero attached hydrogens (tertiary/aromatic N) is 3. The highest BCUT2D eigenvalue weighted by molar-refractivity contribution is 7.16. The second-order valence-electron chi connectivity index (χ2n) is 2.28. The van der Waals surface area contributed by atoms with Crippen molar-refractivity contribution in [2.45, 2.75) is 13.5 Å². The molecule has 2 heterocycles. The quantitative estimate of drug-likeness (QED) is 0.648. The van der Waals surface area contributed by atoms with Crippen LogP contribution in [0.3, 0.4) is 0 Å². The van der Waals surface area contributed by atoms with E-state index in [2.05, 4.69) is 15.6 Å². The number of aromatic nitrogens is 3. The summed E-state index contributed by atoms with van der Waals surface area (Å²) in [5.74, 6) is 0. The largest absolute Gasteiger partial charge is 0.294 e. The van der Waals surface area contributed by atoms with Crippen molar-refractivity contribution >= 4 is 21.6 Å². The van der Waals surface area contributed by atoms with E-state index in [-0.39, 0.29) is 5.56 Å². The van der Waals surface area contributed by atoms with Crippen LogP contribution in [-0.4, -0.2) is 14.8 Å². The second kappa shape index (κ2) is 2.67. The van der Waals surface area contributed by atoms with Crippen molar-refractivity contribution < 1.29 is 0 Å². The van der Waals surface area contributed by atoms with Crippen LogP contribution in [0, 0.1) is 5.51 Å². The first-order valence-electron chi connectivity index (χ1n) is 3.55. The summed E-state index contributed by atoms with van der Waals surface area (Å²) in [6, 6.07) is 0. The summed E-state index contributed by atoms with van der Waals surface area (Å²) in [5.41, 5.74) is 3.01. The van der Waals surface area contributed by atoms with Gasteiger partial charge in [0.15, 0.2) is 11.0 Å². The fourth-order valence-electron chi connectivity index (χ4n) is 0.984. The molecule has 0 unspecified atom stereocenters. The van der Waals surface area contributed by atoms with Crippen LogP contribution in [0.4, 0.5) is 0 Å². The van der Waals surface area contributed by atoms with E-state index in [1.807, 2.05) is 6.92 Å². The molecule has 0 aliphatic carbocycles. The van der Waals surface area contributed by atoms with Gasteiger partial charge in [-0.2, -0.15) is 5.10 Å². The number of thiazole rings is 1. The van der Waals surface area contributed by atoms with Crippen LogP contribution < -0.4 is 5.56 Å². The highest BCUT2D eigenvalue weighted by Gasteiger charge is 2.04. The van der Waals surface area contributed by atoms with Crippen molar-refractivity contribution in [1.82, 2.24) is 14.8 Å². The highest BCUT2D eigenvalue weighted by Crippen LogP contribution is 2.10. The average molecular weight is 180 g/mol. The van der Waals surface area contributed by atoms with E-state index in [1.54, 1.807) is 6.20 Å². The van der Waals surface area contributed by atoms with E-state index in [0.29, 0.717) is 12.1 Å². The zero-order valence-corrected chi connectivity index (χ0v) is 7.26. The molecule has 0 aromatic carbocycles. The standard InChI is InChI=1S/C7H6N3OS/c1-2-10-7(11)6-5(3-9-10)12-4-8-6/h3H,2H2,1H3. The molecule has 0 fully saturated rings. The van der Waals surface area contributed by atoms with E-state index >= 15 is 0 Å². The smallest absolute Gasteiger partial charge is 0.265 e. The number of aryl methyl sites for hydroxylation is 1. The molecule has 0 aliphatic rings. The maximum atomic E-state index is 11.4. The molecule has 5 heteroatoms. The van der Waals surface area contributed by atoms with Gasteiger partial charge in [0.2, 0.25) is 0 Å². The summed E-state index contributed by atoms with van der Waals surface area (Å²) < 4.78 is 2.18. The summed E-state index contributed by atoms with van der Waals surface area (Å²) in [4.78, 5) is 15.3. The van der Waals surface area contributed by atoms with E-state index in [0.717, 1.165) is 4.70 Å². The van der Waals surface area contributed by atoms with Gasteiger partial charge in [0.1, 0.15) is 0 Å². The minimum absolute atomic E-state index is 0.132. The molecule has 0 spiro atoms. The molecule has 2 aromatic heterocycles. The zero-order chi connectivity index (χ0) is 8.55.